The number of rotatable bonds is 7. The van der Waals surface area contributed by atoms with Crippen LogP contribution < -0.4 is 10.6 Å². The molecule has 0 bridgehead atoms. The second kappa shape index (κ2) is 7.33. The number of amides is 1. The molecule has 0 aromatic carbocycles. The van der Waals surface area contributed by atoms with Gasteiger partial charge in [0.15, 0.2) is 0 Å². The second-order valence-electron chi connectivity index (χ2n) is 4.88. The van der Waals surface area contributed by atoms with Crippen molar-refractivity contribution in [3.63, 3.8) is 0 Å². The molecule has 1 aliphatic heterocycles. The fourth-order valence-corrected chi connectivity index (χ4v) is 1.91. The summed E-state index contributed by atoms with van der Waals surface area (Å²) in [6.07, 6.45) is 2.11. The molecule has 1 amide bonds. The molecule has 104 valence electrons. The Morgan fingerprint density at radius 1 is 1.44 bits per heavy atom. The summed E-state index contributed by atoms with van der Waals surface area (Å²) in [5, 5.41) is 14.4. The minimum atomic E-state index is -0.933. The predicted octanol–water partition coefficient (Wildman–Crippen LogP) is -0.0196. The van der Waals surface area contributed by atoms with Crippen molar-refractivity contribution in [2.45, 2.75) is 38.8 Å². The van der Waals surface area contributed by atoms with Crippen LogP contribution in [0.5, 0.6) is 0 Å². The molecule has 1 saturated heterocycles. The summed E-state index contributed by atoms with van der Waals surface area (Å²) in [5.41, 5.74) is 0. The third-order valence-corrected chi connectivity index (χ3v) is 2.97. The molecule has 6 nitrogen and oxygen atoms in total. The van der Waals surface area contributed by atoms with E-state index in [-0.39, 0.29) is 24.5 Å². The first-order valence-electron chi connectivity index (χ1n) is 6.35. The Balaban J connectivity index is 2.20. The molecule has 2 atom stereocenters. The van der Waals surface area contributed by atoms with E-state index in [9.17, 15) is 9.59 Å². The Morgan fingerprint density at radius 2 is 2.17 bits per heavy atom. The lowest BCUT2D eigenvalue weighted by Crippen LogP contribution is -2.46. The highest BCUT2D eigenvalue weighted by atomic mass is 16.5. The summed E-state index contributed by atoms with van der Waals surface area (Å²) < 4.78 is 5.38. The van der Waals surface area contributed by atoms with Gasteiger partial charge in [0, 0.05) is 13.2 Å². The molecule has 1 aliphatic rings. The standard InChI is InChI=1S/C12H22N2O4/c1-8(2)11(12(16)17)14-7-10(15)13-6-9-4-3-5-18-9/h8-9,11,14H,3-7H2,1-2H3,(H,13,15)(H,16,17). The average Bonchev–Trinajstić information content (AvgIpc) is 2.78. The quantitative estimate of drug-likeness (QED) is 0.597. The maximum Gasteiger partial charge on any atom is 0.320 e. The fraction of sp³-hybridized carbons (Fsp3) is 0.833. The third kappa shape index (κ3) is 5.01. The van der Waals surface area contributed by atoms with Crippen molar-refractivity contribution in [1.82, 2.24) is 10.6 Å². The Hall–Kier alpha value is -1.14. The Kier molecular flexibility index (Phi) is 6.07. The van der Waals surface area contributed by atoms with Gasteiger partial charge in [-0.3, -0.25) is 14.9 Å². The summed E-state index contributed by atoms with van der Waals surface area (Å²) in [6.45, 7) is 4.88. The van der Waals surface area contributed by atoms with E-state index in [0.717, 1.165) is 19.4 Å². The first-order chi connectivity index (χ1) is 8.50. The molecule has 18 heavy (non-hydrogen) atoms. The largest absolute Gasteiger partial charge is 0.480 e. The third-order valence-electron chi connectivity index (χ3n) is 2.97. The summed E-state index contributed by atoms with van der Waals surface area (Å²) in [4.78, 5) is 22.4. The van der Waals surface area contributed by atoms with Gasteiger partial charge in [-0.05, 0) is 18.8 Å². The normalized spacial score (nSPS) is 20.9. The van der Waals surface area contributed by atoms with E-state index < -0.39 is 12.0 Å². The Morgan fingerprint density at radius 3 is 2.67 bits per heavy atom. The van der Waals surface area contributed by atoms with Crippen LogP contribution in [-0.4, -0.2) is 48.8 Å². The van der Waals surface area contributed by atoms with Crippen molar-refractivity contribution in [3.05, 3.63) is 0 Å². The van der Waals surface area contributed by atoms with Crippen LogP contribution in [0.4, 0.5) is 0 Å². The minimum Gasteiger partial charge on any atom is -0.480 e. The van der Waals surface area contributed by atoms with Gasteiger partial charge >= 0.3 is 5.97 Å². The second-order valence-corrected chi connectivity index (χ2v) is 4.88. The van der Waals surface area contributed by atoms with Crippen LogP contribution in [0.1, 0.15) is 26.7 Å². The highest BCUT2D eigenvalue weighted by Gasteiger charge is 2.22. The average molecular weight is 258 g/mol. The van der Waals surface area contributed by atoms with E-state index in [4.69, 9.17) is 9.84 Å². The maximum atomic E-state index is 11.5. The number of nitrogens with one attached hydrogen (secondary N) is 2. The van der Waals surface area contributed by atoms with E-state index in [2.05, 4.69) is 10.6 Å². The molecule has 0 aliphatic carbocycles. The summed E-state index contributed by atoms with van der Waals surface area (Å²) in [7, 11) is 0. The van der Waals surface area contributed by atoms with Crippen LogP contribution >= 0.6 is 0 Å². The van der Waals surface area contributed by atoms with Gasteiger partial charge in [0.1, 0.15) is 6.04 Å². The van der Waals surface area contributed by atoms with E-state index in [1.165, 1.54) is 0 Å². The molecule has 0 aromatic heterocycles. The summed E-state index contributed by atoms with van der Waals surface area (Å²) in [6, 6.07) is -0.696. The zero-order chi connectivity index (χ0) is 13.5. The molecular weight excluding hydrogens is 236 g/mol. The predicted molar refractivity (Wildman–Crippen MR) is 66.2 cm³/mol. The molecular formula is C12H22N2O4. The van der Waals surface area contributed by atoms with Gasteiger partial charge in [0.2, 0.25) is 5.91 Å². The van der Waals surface area contributed by atoms with E-state index in [1.54, 1.807) is 13.8 Å². The molecule has 0 radical (unpaired) electrons. The van der Waals surface area contributed by atoms with Gasteiger partial charge in [0.05, 0.1) is 12.6 Å². The molecule has 6 heteroatoms. The first kappa shape index (κ1) is 14.9. The molecule has 2 unspecified atom stereocenters. The smallest absolute Gasteiger partial charge is 0.320 e. The molecule has 1 rings (SSSR count). The minimum absolute atomic E-state index is 0.0157. The van der Waals surface area contributed by atoms with Crippen molar-refractivity contribution in [1.29, 1.82) is 0 Å². The highest BCUT2D eigenvalue weighted by molar-refractivity contribution is 5.80. The van der Waals surface area contributed by atoms with Gasteiger partial charge in [-0.15, -0.1) is 0 Å². The Bertz CT molecular complexity index is 288. The number of carbonyl (C=O) groups excluding carboxylic acids is 1. The maximum absolute atomic E-state index is 11.5. The monoisotopic (exact) mass is 258 g/mol. The zero-order valence-corrected chi connectivity index (χ0v) is 10.9. The number of carboxylic acids is 1. The number of aliphatic carboxylic acids is 1. The molecule has 0 saturated carbocycles. The molecule has 1 heterocycles. The number of hydrogen-bond acceptors (Lipinski definition) is 4. The summed E-state index contributed by atoms with van der Waals surface area (Å²) in [5.74, 6) is -1.19. The van der Waals surface area contributed by atoms with Crippen LogP contribution in [0.3, 0.4) is 0 Å². The van der Waals surface area contributed by atoms with Gasteiger partial charge in [-0.25, -0.2) is 0 Å². The van der Waals surface area contributed by atoms with Crippen molar-refractivity contribution in [2.24, 2.45) is 5.92 Å². The van der Waals surface area contributed by atoms with Gasteiger partial charge in [0.25, 0.3) is 0 Å². The molecule has 0 aromatic rings. The first-order valence-corrected chi connectivity index (χ1v) is 6.35. The molecule has 0 spiro atoms. The summed E-state index contributed by atoms with van der Waals surface area (Å²) >= 11 is 0. The lowest BCUT2D eigenvalue weighted by molar-refractivity contribution is -0.140. The molecule has 1 fully saturated rings. The molecule has 3 N–H and O–H groups in total. The number of carbonyl (C=O) groups is 2. The number of ether oxygens (including phenoxy) is 1. The van der Waals surface area contributed by atoms with Crippen molar-refractivity contribution in [3.8, 4) is 0 Å². The SMILES string of the molecule is CC(C)C(NCC(=O)NCC1CCCO1)C(=O)O. The van der Waals surface area contributed by atoms with Crippen molar-refractivity contribution >= 4 is 11.9 Å². The van der Waals surface area contributed by atoms with Crippen LogP contribution in [0, 0.1) is 5.92 Å². The van der Waals surface area contributed by atoms with E-state index in [1.807, 2.05) is 0 Å². The van der Waals surface area contributed by atoms with Crippen molar-refractivity contribution in [2.75, 3.05) is 19.7 Å². The lowest BCUT2D eigenvalue weighted by atomic mass is 10.1. The van der Waals surface area contributed by atoms with Gasteiger partial charge in [-0.1, -0.05) is 13.8 Å². The zero-order valence-electron chi connectivity index (χ0n) is 10.9. The van der Waals surface area contributed by atoms with Crippen LogP contribution in [0.2, 0.25) is 0 Å². The highest BCUT2D eigenvalue weighted by Crippen LogP contribution is 2.10. The van der Waals surface area contributed by atoms with E-state index >= 15 is 0 Å². The van der Waals surface area contributed by atoms with Gasteiger partial charge in [-0.2, -0.15) is 0 Å². The number of hydrogen-bond donors (Lipinski definition) is 3. The van der Waals surface area contributed by atoms with Crippen molar-refractivity contribution < 1.29 is 19.4 Å². The van der Waals surface area contributed by atoms with E-state index in [0.29, 0.717) is 6.54 Å². The fourth-order valence-electron chi connectivity index (χ4n) is 1.91. The topological polar surface area (TPSA) is 87.7 Å². The van der Waals surface area contributed by atoms with Crippen LogP contribution in [-0.2, 0) is 14.3 Å². The van der Waals surface area contributed by atoms with Gasteiger partial charge < -0.3 is 15.2 Å². The number of carboxylic acid groups (broad SMARTS) is 1. The van der Waals surface area contributed by atoms with Crippen LogP contribution in [0.15, 0.2) is 0 Å². The lowest BCUT2D eigenvalue weighted by Gasteiger charge is -2.18. The Labute approximate surface area is 107 Å². The van der Waals surface area contributed by atoms with Crippen LogP contribution in [0.25, 0.3) is 0 Å².